The first-order chi connectivity index (χ1) is 10.7. The number of pyridine rings is 1. The van der Waals surface area contributed by atoms with Crippen LogP contribution in [0.1, 0.15) is 0 Å². The van der Waals surface area contributed by atoms with Gasteiger partial charge in [0.15, 0.2) is 0 Å². The third-order valence-corrected chi connectivity index (χ3v) is 5.20. The Hall–Kier alpha value is -1.05. The molecular formula is C17H12BrIN2S. The van der Waals surface area contributed by atoms with Crippen molar-refractivity contribution in [1.82, 2.24) is 4.98 Å². The van der Waals surface area contributed by atoms with Gasteiger partial charge >= 0.3 is 0 Å². The van der Waals surface area contributed by atoms with E-state index in [2.05, 4.69) is 85.2 Å². The van der Waals surface area contributed by atoms with Gasteiger partial charge in [0.05, 0.1) is 5.69 Å². The summed E-state index contributed by atoms with van der Waals surface area (Å²) in [7, 11) is 0. The van der Waals surface area contributed by atoms with Gasteiger partial charge in [-0.3, -0.25) is 0 Å². The molecule has 2 aromatic carbocycles. The molecule has 0 saturated carbocycles. The van der Waals surface area contributed by atoms with Crippen molar-refractivity contribution in [3.05, 3.63) is 74.9 Å². The van der Waals surface area contributed by atoms with Gasteiger partial charge in [-0.1, -0.05) is 27.7 Å². The second-order valence-corrected chi connectivity index (χ2v) is 7.77. The smallest absolute Gasteiger partial charge is 0.124 e. The lowest BCUT2D eigenvalue weighted by molar-refractivity contribution is 1.13. The molecule has 0 aliphatic carbocycles. The second-order valence-electron chi connectivity index (χ2n) is 4.54. The molecule has 0 saturated heterocycles. The van der Waals surface area contributed by atoms with Crippen molar-refractivity contribution in [1.29, 1.82) is 0 Å². The molecule has 110 valence electrons. The minimum atomic E-state index is 0.961. The maximum Gasteiger partial charge on any atom is 0.124 e. The highest BCUT2D eigenvalue weighted by atomic mass is 127. The lowest BCUT2D eigenvalue weighted by Gasteiger charge is -2.11. The number of rotatable bonds is 4. The van der Waals surface area contributed by atoms with E-state index in [0.29, 0.717) is 0 Å². The van der Waals surface area contributed by atoms with Gasteiger partial charge in [-0.15, -0.1) is 0 Å². The molecule has 0 aliphatic rings. The van der Waals surface area contributed by atoms with Crippen molar-refractivity contribution in [3.8, 4) is 0 Å². The van der Waals surface area contributed by atoms with Crippen LogP contribution in [0.3, 0.4) is 0 Å². The molecule has 0 atom stereocenters. The van der Waals surface area contributed by atoms with E-state index in [1.807, 2.05) is 30.5 Å². The fourth-order valence-corrected chi connectivity index (χ4v) is 3.33. The number of benzene rings is 2. The molecule has 1 aromatic heterocycles. The van der Waals surface area contributed by atoms with Crippen molar-refractivity contribution >= 4 is 61.7 Å². The topological polar surface area (TPSA) is 24.9 Å². The molecule has 0 aliphatic heterocycles. The number of nitrogens with zero attached hydrogens (tertiary/aromatic N) is 1. The van der Waals surface area contributed by atoms with Crippen LogP contribution in [-0.4, -0.2) is 4.98 Å². The highest BCUT2D eigenvalue weighted by molar-refractivity contribution is 14.1. The van der Waals surface area contributed by atoms with Crippen molar-refractivity contribution in [2.75, 3.05) is 5.32 Å². The fraction of sp³-hybridized carbons (Fsp3) is 0. The first-order valence-corrected chi connectivity index (χ1v) is 9.30. The van der Waals surface area contributed by atoms with Gasteiger partial charge in [-0.2, -0.15) is 0 Å². The number of aromatic nitrogens is 1. The Morgan fingerprint density at radius 1 is 0.955 bits per heavy atom. The summed E-state index contributed by atoms with van der Waals surface area (Å²) in [4.78, 5) is 5.66. The Bertz CT molecular complexity index is 694. The summed E-state index contributed by atoms with van der Waals surface area (Å²) in [5, 5.41) is 4.40. The third-order valence-electron chi connectivity index (χ3n) is 2.92. The average molecular weight is 483 g/mol. The van der Waals surface area contributed by atoms with Crippen molar-refractivity contribution in [3.63, 3.8) is 0 Å². The van der Waals surface area contributed by atoms with Crippen LogP contribution in [0.2, 0.25) is 0 Å². The van der Waals surface area contributed by atoms with Gasteiger partial charge in [0.25, 0.3) is 0 Å². The van der Waals surface area contributed by atoms with Crippen LogP contribution in [0.15, 0.2) is 81.3 Å². The summed E-state index contributed by atoms with van der Waals surface area (Å²) in [6.45, 7) is 0. The van der Waals surface area contributed by atoms with Crippen LogP contribution in [0.4, 0.5) is 11.4 Å². The zero-order valence-corrected chi connectivity index (χ0v) is 16.0. The van der Waals surface area contributed by atoms with Gasteiger partial charge in [-0.05, 0) is 83.3 Å². The molecule has 0 bridgehead atoms. The van der Waals surface area contributed by atoms with Gasteiger partial charge in [0.1, 0.15) is 5.03 Å². The standard InChI is InChI=1S/C17H12BrIN2S/c18-12-3-9-15(10-4-12)22-17-16(2-1-11-20-17)21-14-7-5-13(19)6-8-14/h1-11,21H. The number of nitrogens with one attached hydrogen (secondary N) is 1. The molecular weight excluding hydrogens is 471 g/mol. The van der Waals surface area contributed by atoms with Crippen LogP contribution >= 0.6 is 50.3 Å². The highest BCUT2D eigenvalue weighted by Crippen LogP contribution is 2.33. The summed E-state index contributed by atoms with van der Waals surface area (Å²) in [5.41, 5.74) is 2.07. The number of hydrogen-bond acceptors (Lipinski definition) is 3. The first-order valence-electron chi connectivity index (χ1n) is 6.62. The van der Waals surface area contributed by atoms with Crippen LogP contribution < -0.4 is 5.32 Å². The summed E-state index contributed by atoms with van der Waals surface area (Å²) < 4.78 is 2.30. The molecule has 3 aromatic rings. The van der Waals surface area contributed by atoms with Gasteiger partial charge in [0, 0.05) is 24.8 Å². The summed E-state index contributed by atoms with van der Waals surface area (Å²) >= 11 is 7.41. The second kappa shape index (κ2) is 7.48. The lowest BCUT2D eigenvalue weighted by atomic mass is 10.3. The van der Waals surface area contributed by atoms with Gasteiger partial charge in [0.2, 0.25) is 0 Å². The summed E-state index contributed by atoms with van der Waals surface area (Å²) in [6, 6.07) is 20.5. The maximum atomic E-state index is 4.50. The Kier molecular flexibility index (Phi) is 5.38. The number of halogens is 2. The molecule has 5 heteroatoms. The largest absolute Gasteiger partial charge is 0.353 e. The maximum absolute atomic E-state index is 4.50. The molecule has 0 amide bonds. The first kappa shape index (κ1) is 15.8. The van der Waals surface area contributed by atoms with Crippen LogP contribution in [0, 0.1) is 3.57 Å². The van der Waals surface area contributed by atoms with E-state index in [1.54, 1.807) is 11.8 Å². The average Bonchev–Trinajstić information content (AvgIpc) is 2.54. The zero-order valence-electron chi connectivity index (χ0n) is 11.5. The summed E-state index contributed by atoms with van der Waals surface area (Å²) in [6.07, 6.45) is 1.82. The monoisotopic (exact) mass is 482 g/mol. The van der Waals surface area contributed by atoms with Crippen LogP contribution in [0.25, 0.3) is 0 Å². The predicted octanol–water partition coefficient (Wildman–Crippen LogP) is 6.34. The molecule has 22 heavy (non-hydrogen) atoms. The third kappa shape index (κ3) is 4.24. The SMILES string of the molecule is Brc1ccc(Sc2ncccc2Nc2ccc(I)cc2)cc1. The van der Waals surface area contributed by atoms with E-state index in [0.717, 1.165) is 25.8 Å². The molecule has 0 spiro atoms. The van der Waals surface area contributed by atoms with E-state index in [-0.39, 0.29) is 0 Å². The van der Waals surface area contributed by atoms with Crippen molar-refractivity contribution < 1.29 is 0 Å². The van der Waals surface area contributed by atoms with E-state index in [1.165, 1.54) is 3.57 Å². The predicted molar refractivity (Wildman–Crippen MR) is 105 cm³/mol. The highest BCUT2D eigenvalue weighted by Gasteiger charge is 2.06. The molecule has 0 unspecified atom stereocenters. The van der Waals surface area contributed by atoms with E-state index in [4.69, 9.17) is 0 Å². The normalized spacial score (nSPS) is 10.5. The van der Waals surface area contributed by atoms with Gasteiger partial charge in [-0.25, -0.2) is 4.98 Å². The summed E-state index contributed by atoms with van der Waals surface area (Å²) in [5.74, 6) is 0. The molecule has 1 N–H and O–H groups in total. The minimum absolute atomic E-state index is 0.961. The number of anilines is 2. The molecule has 2 nitrogen and oxygen atoms in total. The Balaban J connectivity index is 1.83. The Labute approximate surface area is 156 Å². The van der Waals surface area contributed by atoms with E-state index >= 15 is 0 Å². The quantitative estimate of drug-likeness (QED) is 0.439. The minimum Gasteiger partial charge on any atom is -0.353 e. The molecule has 1 heterocycles. The van der Waals surface area contributed by atoms with Gasteiger partial charge < -0.3 is 5.32 Å². The Morgan fingerprint density at radius 2 is 1.68 bits per heavy atom. The lowest BCUT2D eigenvalue weighted by Crippen LogP contribution is -1.94. The number of hydrogen-bond donors (Lipinski definition) is 1. The van der Waals surface area contributed by atoms with Crippen molar-refractivity contribution in [2.45, 2.75) is 9.92 Å². The van der Waals surface area contributed by atoms with Crippen LogP contribution in [0.5, 0.6) is 0 Å². The molecule has 3 rings (SSSR count). The van der Waals surface area contributed by atoms with E-state index in [9.17, 15) is 0 Å². The van der Waals surface area contributed by atoms with Crippen molar-refractivity contribution in [2.24, 2.45) is 0 Å². The zero-order chi connectivity index (χ0) is 15.4. The fourth-order valence-electron chi connectivity index (χ4n) is 1.87. The molecule has 0 radical (unpaired) electrons. The van der Waals surface area contributed by atoms with E-state index < -0.39 is 0 Å². The van der Waals surface area contributed by atoms with Crippen LogP contribution in [-0.2, 0) is 0 Å². The Morgan fingerprint density at radius 3 is 2.41 bits per heavy atom. The molecule has 0 fully saturated rings.